The lowest BCUT2D eigenvalue weighted by atomic mass is 9.90. The highest BCUT2D eigenvalue weighted by atomic mass is 16.7. The highest BCUT2D eigenvalue weighted by Gasteiger charge is 2.60. The Morgan fingerprint density at radius 3 is 2.27 bits per heavy atom. The molecule has 8 nitrogen and oxygen atoms in total. The molecule has 8 heteroatoms. The first kappa shape index (κ1) is 20.8. The van der Waals surface area contributed by atoms with Crippen molar-refractivity contribution in [1.82, 2.24) is 0 Å². The summed E-state index contributed by atoms with van der Waals surface area (Å²) < 4.78 is 0. The van der Waals surface area contributed by atoms with E-state index in [1.54, 1.807) is 36.4 Å². The summed E-state index contributed by atoms with van der Waals surface area (Å²) in [5.41, 5.74) is 2.73. The van der Waals surface area contributed by atoms with Gasteiger partial charge in [0.15, 0.2) is 6.10 Å². The van der Waals surface area contributed by atoms with Gasteiger partial charge in [0.1, 0.15) is 5.92 Å². The first-order valence-corrected chi connectivity index (χ1v) is 10.7. The largest absolute Gasteiger partial charge is 0.273 e. The molecule has 2 heterocycles. The van der Waals surface area contributed by atoms with Gasteiger partial charge in [-0.05, 0) is 35.7 Å². The van der Waals surface area contributed by atoms with Crippen LogP contribution in [-0.2, 0) is 20.8 Å². The number of imide groups is 1. The number of para-hydroxylation sites is 1. The fraction of sp³-hybridized carbons (Fsp3) is 0.200. The van der Waals surface area contributed by atoms with Crippen molar-refractivity contribution in [2.75, 3.05) is 9.96 Å². The molecule has 2 amide bonds. The Balaban J connectivity index is 1.59. The molecule has 3 atom stereocenters. The van der Waals surface area contributed by atoms with Crippen LogP contribution in [0.25, 0.3) is 0 Å². The van der Waals surface area contributed by atoms with Gasteiger partial charge in [-0.1, -0.05) is 55.5 Å². The molecule has 2 aliphatic rings. The highest BCUT2D eigenvalue weighted by Crippen LogP contribution is 2.48. The Morgan fingerprint density at radius 1 is 0.909 bits per heavy atom. The molecule has 0 spiro atoms. The maximum atomic E-state index is 13.5. The van der Waals surface area contributed by atoms with Crippen molar-refractivity contribution >= 4 is 28.9 Å². The summed E-state index contributed by atoms with van der Waals surface area (Å²) in [6.45, 7) is 2.05. The SMILES string of the molecule is CCc1ccc([C@@H]2[C@@H]3C(=O)N(c4ccccc4)C(=O)[C@H]3ON2c2cccc([N+](=O)[O-])c2)cc1. The van der Waals surface area contributed by atoms with E-state index in [4.69, 9.17) is 4.84 Å². The lowest BCUT2D eigenvalue weighted by molar-refractivity contribution is -0.384. The van der Waals surface area contributed by atoms with Gasteiger partial charge in [-0.3, -0.25) is 24.5 Å². The minimum atomic E-state index is -1.02. The number of nitro benzene ring substituents is 1. The molecule has 0 aliphatic carbocycles. The van der Waals surface area contributed by atoms with Crippen LogP contribution in [0.2, 0.25) is 0 Å². The molecule has 2 saturated heterocycles. The van der Waals surface area contributed by atoms with Crippen LogP contribution in [0.5, 0.6) is 0 Å². The Labute approximate surface area is 190 Å². The molecule has 2 fully saturated rings. The number of nitro groups is 1. The first-order valence-electron chi connectivity index (χ1n) is 10.7. The summed E-state index contributed by atoms with van der Waals surface area (Å²) >= 11 is 0. The van der Waals surface area contributed by atoms with Gasteiger partial charge >= 0.3 is 0 Å². The van der Waals surface area contributed by atoms with Gasteiger partial charge in [-0.2, -0.15) is 0 Å². The van der Waals surface area contributed by atoms with E-state index in [9.17, 15) is 19.7 Å². The summed E-state index contributed by atoms with van der Waals surface area (Å²) in [4.78, 5) is 44.9. The lowest BCUT2D eigenvalue weighted by Crippen LogP contribution is -2.37. The Hall–Kier alpha value is -4.04. The van der Waals surface area contributed by atoms with Gasteiger partial charge < -0.3 is 0 Å². The number of anilines is 2. The van der Waals surface area contributed by atoms with Crippen LogP contribution in [-0.4, -0.2) is 22.8 Å². The fourth-order valence-electron chi connectivity index (χ4n) is 4.50. The number of nitrogens with zero attached hydrogens (tertiary/aromatic N) is 3. The molecular weight excluding hydrogens is 422 g/mol. The van der Waals surface area contributed by atoms with E-state index < -0.39 is 28.9 Å². The Bertz CT molecular complexity index is 1230. The van der Waals surface area contributed by atoms with Crippen LogP contribution in [0, 0.1) is 16.0 Å². The third-order valence-electron chi connectivity index (χ3n) is 6.15. The number of carbonyl (C=O) groups is 2. The molecule has 2 aliphatic heterocycles. The number of hydroxylamine groups is 1. The van der Waals surface area contributed by atoms with Crippen LogP contribution < -0.4 is 9.96 Å². The molecule has 3 aromatic rings. The summed E-state index contributed by atoms with van der Waals surface area (Å²) in [6.07, 6.45) is -0.158. The minimum absolute atomic E-state index is 0.100. The molecule has 0 unspecified atom stereocenters. The number of aryl methyl sites for hydroxylation is 1. The van der Waals surface area contributed by atoms with Gasteiger partial charge in [-0.15, -0.1) is 0 Å². The third-order valence-corrected chi connectivity index (χ3v) is 6.15. The summed E-state index contributed by atoms with van der Waals surface area (Å²) in [5.74, 6) is -1.59. The van der Waals surface area contributed by atoms with E-state index in [1.807, 2.05) is 30.3 Å². The summed E-state index contributed by atoms with van der Waals surface area (Å²) in [7, 11) is 0. The van der Waals surface area contributed by atoms with Crippen LogP contribution >= 0.6 is 0 Å². The van der Waals surface area contributed by atoms with Gasteiger partial charge in [0.05, 0.1) is 22.3 Å². The van der Waals surface area contributed by atoms with Gasteiger partial charge in [0.25, 0.3) is 11.6 Å². The second-order valence-corrected chi connectivity index (χ2v) is 8.04. The lowest BCUT2D eigenvalue weighted by Gasteiger charge is -2.28. The Kier molecular flexibility index (Phi) is 5.14. The van der Waals surface area contributed by atoms with Crippen molar-refractivity contribution < 1.29 is 19.3 Å². The van der Waals surface area contributed by atoms with Gasteiger partial charge in [0, 0.05) is 12.1 Å². The zero-order chi connectivity index (χ0) is 23.1. The van der Waals surface area contributed by atoms with Gasteiger partial charge in [-0.25, -0.2) is 9.96 Å². The second-order valence-electron chi connectivity index (χ2n) is 8.04. The van der Waals surface area contributed by atoms with Crippen LogP contribution in [0.3, 0.4) is 0 Å². The Morgan fingerprint density at radius 2 is 1.61 bits per heavy atom. The number of carbonyl (C=O) groups excluding carboxylic acids is 2. The van der Waals surface area contributed by atoms with Crippen molar-refractivity contribution in [3.63, 3.8) is 0 Å². The van der Waals surface area contributed by atoms with Crippen molar-refractivity contribution in [3.8, 4) is 0 Å². The van der Waals surface area contributed by atoms with E-state index in [-0.39, 0.29) is 11.6 Å². The van der Waals surface area contributed by atoms with E-state index >= 15 is 0 Å². The second kappa shape index (κ2) is 8.14. The molecular formula is C25H21N3O5. The topological polar surface area (TPSA) is 93.0 Å². The average molecular weight is 443 g/mol. The zero-order valence-electron chi connectivity index (χ0n) is 17.8. The average Bonchev–Trinajstić information content (AvgIpc) is 3.35. The third kappa shape index (κ3) is 3.44. The van der Waals surface area contributed by atoms with E-state index in [0.29, 0.717) is 11.4 Å². The van der Waals surface area contributed by atoms with Gasteiger partial charge in [0.2, 0.25) is 5.91 Å². The maximum Gasteiger partial charge on any atom is 0.271 e. The number of hydrogen-bond donors (Lipinski definition) is 0. The van der Waals surface area contributed by atoms with Crippen LogP contribution in [0.1, 0.15) is 24.1 Å². The monoisotopic (exact) mass is 443 g/mol. The predicted molar refractivity (Wildman–Crippen MR) is 121 cm³/mol. The van der Waals surface area contributed by atoms with Crippen LogP contribution in [0.15, 0.2) is 78.9 Å². The summed E-state index contributed by atoms with van der Waals surface area (Å²) in [5, 5.41) is 12.8. The smallest absolute Gasteiger partial charge is 0.271 e. The van der Waals surface area contributed by atoms with E-state index in [1.165, 1.54) is 22.1 Å². The quantitative estimate of drug-likeness (QED) is 0.333. The normalized spacial score (nSPS) is 22.0. The number of amides is 2. The maximum absolute atomic E-state index is 13.5. The molecule has 0 aromatic heterocycles. The number of non-ortho nitro benzene ring substituents is 1. The number of benzene rings is 3. The molecule has 0 radical (unpaired) electrons. The molecule has 5 rings (SSSR count). The molecule has 0 bridgehead atoms. The zero-order valence-corrected chi connectivity index (χ0v) is 17.8. The minimum Gasteiger partial charge on any atom is -0.273 e. The van der Waals surface area contributed by atoms with Crippen molar-refractivity contribution in [1.29, 1.82) is 0 Å². The standard InChI is InChI=1S/C25H21N3O5/c1-2-16-11-13-17(14-12-16)22-21-23(25(30)26(24(21)29)18-7-4-3-5-8-18)33-27(22)19-9-6-10-20(15-19)28(31)32/h3-15,21-23H,2H2,1H3/t21-,22+,23-/m0/s1. The molecule has 0 N–H and O–H groups in total. The number of fused-ring (bicyclic) bond motifs is 1. The molecule has 166 valence electrons. The summed E-state index contributed by atoms with van der Waals surface area (Å²) in [6, 6.07) is 21.9. The van der Waals surface area contributed by atoms with Crippen molar-refractivity contribution in [2.24, 2.45) is 5.92 Å². The van der Waals surface area contributed by atoms with Crippen molar-refractivity contribution in [3.05, 3.63) is 100 Å². The number of hydrogen-bond acceptors (Lipinski definition) is 6. The molecule has 3 aromatic carbocycles. The molecule has 33 heavy (non-hydrogen) atoms. The van der Waals surface area contributed by atoms with Crippen molar-refractivity contribution in [2.45, 2.75) is 25.5 Å². The predicted octanol–water partition coefficient (Wildman–Crippen LogP) is 4.21. The first-order chi connectivity index (χ1) is 16.0. The van der Waals surface area contributed by atoms with E-state index in [0.717, 1.165) is 17.5 Å². The van der Waals surface area contributed by atoms with E-state index in [2.05, 4.69) is 6.92 Å². The number of rotatable bonds is 5. The fourth-order valence-corrected chi connectivity index (χ4v) is 4.50. The molecule has 0 saturated carbocycles. The highest BCUT2D eigenvalue weighted by molar-refractivity contribution is 6.23. The van der Waals surface area contributed by atoms with Crippen LogP contribution in [0.4, 0.5) is 17.1 Å².